The van der Waals surface area contributed by atoms with E-state index in [9.17, 15) is 4.79 Å². The van der Waals surface area contributed by atoms with E-state index in [1.54, 1.807) is 12.1 Å². The maximum atomic E-state index is 10.6. The lowest BCUT2D eigenvalue weighted by Gasteiger charge is -2.03. The highest BCUT2D eigenvalue weighted by molar-refractivity contribution is 9.10. The minimum Gasteiger partial charge on any atom is -0.478 e. The van der Waals surface area contributed by atoms with Crippen LogP contribution in [-0.4, -0.2) is 11.1 Å². The van der Waals surface area contributed by atoms with Crippen LogP contribution in [0.2, 0.25) is 0 Å². The van der Waals surface area contributed by atoms with Gasteiger partial charge in [-0.2, -0.15) is 5.26 Å². The highest BCUT2D eigenvalue weighted by atomic mass is 79.9. The summed E-state index contributed by atoms with van der Waals surface area (Å²) in [5, 5.41) is 17.4. The summed E-state index contributed by atoms with van der Waals surface area (Å²) in [5.41, 5.74) is 0.802. The van der Waals surface area contributed by atoms with E-state index >= 15 is 0 Å². The molecule has 0 atom stereocenters. The molecule has 0 saturated heterocycles. The third-order valence-corrected chi connectivity index (χ3v) is 2.37. The Balaban J connectivity index is 3.27. The Bertz CT molecular complexity index is 446. The molecule has 70 valence electrons. The summed E-state index contributed by atoms with van der Waals surface area (Å²) in [6.45, 7) is 3.42. The molecule has 3 nitrogen and oxygen atoms in total. The normalized spacial score (nSPS) is 9.14. The van der Waals surface area contributed by atoms with Gasteiger partial charge in [-0.3, -0.25) is 0 Å². The van der Waals surface area contributed by atoms with Gasteiger partial charge in [-0.05, 0) is 18.2 Å². The molecular formula is C10H6BrNO2. The molecule has 0 aliphatic carbocycles. The van der Waals surface area contributed by atoms with Gasteiger partial charge >= 0.3 is 5.97 Å². The first-order valence-electron chi connectivity index (χ1n) is 3.68. The Kier molecular flexibility index (Phi) is 3.05. The third kappa shape index (κ3) is 2.01. The molecule has 0 bridgehead atoms. The van der Waals surface area contributed by atoms with Crippen molar-refractivity contribution in [1.29, 1.82) is 5.26 Å². The van der Waals surface area contributed by atoms with Crippen LogP contribution in [0.25, 0.3) is 5.57 Å². The van der Waals surface area contributed by atoms with Crippen molar-refractivity contribution < 1.29 is 9.90 Å². The second kappa shape index (κ2) is 4.07. The monoisotopic (exact) mass is 251 g/mol. The molecule has 0 radical (unpaired) electrons. The van der Waals surface area contributed by atoms with E-state index in [0.717, 1.165) is 0 Å². The molecule has 0 saturated carbocycles. The Hall–Kier alpha value is -1.60. The lowest BCUT2D eigenvalue weighted by atomic mass is 10.1. The van der Waals surface area contributed by atoms with E-state index in [2.05, 4.69) is 22.5 Å². The lowest BCUT2D eigenvalue weighted by molar-refractivity contribution is -0.130. The van der Waals surface area contributed by atoms with Crippen LogP contribution >= 0.6 is 15.9 Å². The van der Waals surface area contributed by atoms with Crippen LogP contribution in [-0.2, 0) is 4.79 Å². The van der Waals surface area contributed by atoms with Gasteiger partial charge in [-0.1, -0.05) is 22.5 Å². The minimum absolute atomic E-state index is 0.0334. The van der Waals surface area contributed by atoms with Gasteiger partial charge in [0.1, 0.15) is 0 Å². The maximum Gasteiger partial charge on any atom is 0.335 e. The summed E-state index contributed by atoms with van der Waals surface area (Å²) < 4.78 is 0.615. The van der Waals surface area contributed by atoms with Gasteiger partial charge in [0.25, 0.3) is 0 Å². The largest absolute Gasteiger partial charge is 0.478 e. The topological polar surface area (TPSA) is 61.1 Å². The van der Waals surface area contributed by atoms with Crippen molar-refractivity contribution in [2.75, 3.05) is 0 Å². The first kappa shape index (κ1) is 10.5. The summed E-state index contributed by atoms with van der Waals surface area (Å²) in [7, 11) is 0. The highest BCUT2D eigenvalue weighted by Gasteiger charge is 2.11. The average Bonchev–Trinajstić information content (AvgIpc) is 2.17. The van der Waals surface area contributed by atoms with Gasteiger partial charge in [0.05, 0.1) is 17.2 Å². The van der Waals surface area contributed by atoms with Gasteiger partial charge in [-0.25, -0.2) is 4.79 Å². The fourth-order valence-corrected chi connectivity index (χ4v) is 1.43. The quantitative estimate of drug-likeness (QED) is 0.822. The molecule has 1 rings (SSSR count). The number of hydrogen-bond acceptors (Lipinski definition) is 2. The molecule has 0 aromatic heterocycles. The third-order valence-electron chi connectivity index (χ3n) is 1.68. The second-order valence-corrected chi connectivity index (χ2v) is 3.44. The smallest absolute Gasteiger partial charge is 0.335 e. The molecule has 0 fully saturated rings. The number of carboxylic acids is 1. The number of rotatable bonds is 2. The number of carbonyl (C=O) groups is 1. The Labute approximate surface area is 89.4 Å². The van der Waals surface area contributed by atoms with E-state index in [1.165, 1.54) is 6.07 Å². The molecule has 1 N–H and O–H groups in total. The summed E-state index contributed by atoms with van der Waals surface area (Å²) in [6.07, 6.45) is 0. The van der Waals surface area contributed by atoms with Crippen molar-refractivity contribution in [1.82, 2.24) is 0 Å². The zero-order valence-corrected chi connectivity index (χ0v) is 8.71. The second-order valence-electron chi connectivity index (χ2n) is 2.59. The summed E-state index contributed by atoms with van der Waals surface area (Å²) in [4.78, 5) is 10.6. The van der Waals surface area contributed by atoms with Gasteiger partial charge < -0.3 is 5.11 Å². The van der Waals surface area contributed by atoms with Crippen molar-refractivity contribution in [3.63, 3.8) is 0 Å². The van der Waals surface area contributed by atoms with Gasteiger partial charge in [0.15, 0.2) is 0 Å². The van der Waals surface area contributed by atoms with Gasteiger partial charge in [-0.15, -0.1) is 0 Å². The van der Waals surface area contributed by atoms with Crippen molar-refractivity contribution in [2.45, 2.75) is 0 Å². The SMILES string of the molecule is C=C(C(=O)O)c1cc(C#N)ccc1Br. The van der Waals surface area contributed by atoms with E-state index in [-0.39, 0.29) is 5.57 Å². The van der Waals surface area contributed by atoms with Crippen molar-refractivity contribution >= 4 is 27.5 Å². The molecule has 0 amide bonds. The summed E-state index contributed by atoms with van der Waals surface area (Å²) in [6, 6.07) is 6.65. The van der Waals surface area contributed by atoms with Crippen LogP contribution in [0.3, 0.4) is 0 Å². The minimum atomic E-state index is -1.10. The number of nitriles is 1. The predicted molar refractivity (Wildman–Crippen MR) is 55.5 cm³/mol. The van der Waals surface area contributed by atoms with Crippen molar-refractivity contribution in [2.24, 2.45) is 0 Å². The number of nitrogens with zero attached hydrogens (tertiary/aromatic N) is 1. The molecule has 1 aromatic rings. The standard InChI is InChI=1S/C10H6BrNO2/c1-6(10(13)14)8-4-7(5-12)2-3-9(8)11/h2-4H,1H2,(H,13,14). The number of hydrogen-bond donors (Lipinski definition) is 1. The Morgan fingerprint density at radius 1 is 1.57 bits per heavy atom. The van der Waals surface area contributed by atoms with Crippen LogP contribution in [0.5, 0.6) is 0 Å². The van der Waals surface area contributed by atoms with Crippen LogP contribution in [0.4, 0.5) is 0 Å². The summed E-state index contributed by atoms with van der Waals surface area (Å²) >= 11 is 3.19. The Morgan fingerprint density at radius 2 is 2.21 bits per heavy atom. The van der Waals surface area contributed by atoms with E-state index in [4.69, 9.17) is 10.4 Å². The molecule has 1 aromatic carbocycles. The summed E-state index contributed by atoms with van der Waals surface area (Å²) in [5.74, 6) is -1.10. The predicted octanol–water partition coefficient (Wildman–Crippen LogP) is 2.42. The van der Waals surface area contributed by atoms with E-state index in [1.807, 2.05) is 6.07 Å². The lowest BCUT2D eigenvalue weighted by Crippen LogP contribution is -1.99. The fraction of sp³-hybridized carbons (Fsp3) is 0. The van der Waals surface area contributed by atoms with Crippen LogP contribution in [0.15, 0.2) is 29.3 Å². The van der Waals surface area contributed by atoms with Crippen LogP contribution < -0.4 is 0 Å². The average molecular weight is 252 g/mol. The van der Waals surface area contributed by atoms with Crippen molar-refractivity contribution in [3.05, 3.63) is 40.4 Å². The molecule has 0 unspecified atom stereocenters. The van der Waals surface area contributed by atoms with E-state index in [0.29, 0.717) is 15.6 Å². The fourth-order valence-electron chi connectivity index (χ4n) is 0.941. The zero-order valence-electron chi connectivity index (χ0n) is 7.12. The van der Waals surface area contributed by atoms with Gasteiger partial charge in [0, 0.05) is 10.0 Å². The number of carboxylic acid groups (broad SMARTS) is 1. The van der Waals surface area contributed by atoms with E-state index < -0.39 is 5.97 Å². The Morgan fingerprint density at radius 3 is 2.71 bits per heavy atom. The molecule has 0 spiro atoms. The first-order valence-corrected chi connectivity index (χ1v) is 4.47. The molecule has 0 aliphatic heterocycles. The molecule has 0 heterocycles. The van der Waals surface area contributed by atoms with Crippen LogP contribution in [0.1, 0.15) is 11.1 Å². The number of aliphatic carboxylic acids is 1. The molecular weight excluding hydrogens is 246 g/mol. The molecule has 4 heteroatoms. The zero-order chi connectivity index (χ0) is 10.7. The number of benzene rings is 1. The number of halogens is 1. The first-order chi connectivity index (χ1) is 6.56. The highest BCUT2D eigenvalue weighted by Crippen LogP contribution is 2.24. The van der Waals surface area contributed by atoms with Gasteiger partial charge in [0.2, 0.25) is 0 Å². The molecule has 0 aliphatic rings. The van der Waals surface area contributed by atoms with Crippen molar-refractivity contribution in [3.8, 4) is 6.07 Å². The molecule has 14 heavy (non-hydrogen) atoms. The maximum absolute atomic E-state index is 10.6. The van der Waals surface area contributed by atoms with Crippen LogP contribution in [0, 0.1) is 11.3 Å².